The first-order valence-corrected chi connectivity index (χ1v) is 16.5. The summed E-state index contributed by atoms with van der Waals surface area (Å²) in [5.41, 5.74) is 0. The molecule has 0 spiro atoms. The summed E-state index contributed by atoms with van der Waals surface area (Å²) >= 11 is 0. The number of aliphatic carboxylic acids is 1. The Morgan fingerprint density at radius 3 is 1.53 bits per heavy atom. The second-order valence-corrected chi connectivity index (χ2v) is 11.4. The van der Waals surface area contributed by atoms with Gasteiger partial charge in [0.1, 0.15) is 6.61 Å². The summed E-state index contributed by atoms with van der Waals surface area (Å²) in [6.45, 7) is 2.70. The third kappa shape index (κ3) is 31.2. The minimum atomic E-state index is -1.74. The molecular weight excluding hydrogens is 556 g/mol. The van der Waals surface area contributed by atoms with E-state index in [4.69, 9.17) is 14.6 Å². The summed E-state index contributed by atoms with van der Waals surface area (Å²) in [5, 5.41) is 33.1. The van der Waals surface area contributed by atoms with Gasteiger partial charge in [-0.25, -0.2) is 0 Å². The molecule has 0 heterocycles. The number of rotatable bonds is 32. The predicted molar refractivity (Wildman–Crippen MR) is 165 cm³/mol. The van der Waals surface area contributed by atoms with E-state index in [1.54, 1.807) is 0 Å². The first-order chi connectivity index (χ1) is 20.7. The van der Waals surface area contributed by atoms with Gasteiger partial charge in [0.05, 0.1) is 25.9 Å². The Balaban J connectivity index is 3.61. The molecule has 2 amide bonds. The fourth-order valence-corrected chi connectivity index (χ4v) is 4.68. The lowest BCUT2D eigenvalue weighted by molar-refractivity contribution is -0.137. The Labute approximate surface area is 258 Å². The third-order valence-corrected chi connectivity index (χ3v) is 7.18. The van der Waals surface area contributed by atoms with Gasteiger partial charge in [0.15, 0.2) is 12.1 Å². The molecule has 0 aliphatic rings. The van der Waals surface area contributed by atoms with Crippen LogP contribution in [0, 0.1) is 0 Å². The van der Waals surface area contributed by atoms with E-state index in [-0.39, 0.29) is 37.0 Å². The van der Waals surface area contributed by atoms with Crippen molar-refractivity contribution < 1.29 is 44.0 Å². The van der Waals surface area contributed by atoms with Gasteiger partial charge in [-0.15, -0.1) is 0 Å². The lowest BCUT2D eigenvalue weighted by atomic mass is 10.0. The van der Waals surface area contributed by atoms with Crippen molar-refractivity contribution in [3.05, 3.63) is 0 Å². The third-order valence-electron chi connectivity index (χ3n) is 7.18. The molecule has 0 aliphatic carbocycles. The predicted octanol–water partition coefficient (Wildman–Crippen LogP) is 4.41. The highest BCUT2D eigenvalue weighted by molar-refractivity contribution is 5.77. The monoisotopic (exact) mass is 616 g/mol. The first kappa shape index (κ1) is 40.9. The molecule has 0 saturated heterocycles. The lowest BCUT2D eigenvalue weighted by Gasteiger charge is -2.20. The van der Waals surface area contributed by atoms with Crippen molar-refractivity contribution in [1.82, 2.24) is 10.6 Å². The van der Waals surface area contributed by atoms with Crippen LogP contribution in [-0.4, -0.2) is 84.2 Å². The molecule has 0 bridgehead atoms. The van der Waals surface area contributed by atoms with Crippen LogP contribution < -0.4 is 10.6 Å². The molecule has 0 radical (unpaired) electrons. The fraction of sp³-hybridized carbons (Fsp3) is 0.875. The molecule has 0 aromatic carbocycles. The molecule has 1 atom stereocenters. The van der Waals surface area contributed by atoms with Crippen molar-refractivity contribution in [2.24, 2.45) is 0 Å². The highest BCUT2D eigenvalue weighted by atomic mass is 16.5. The molecule has 0 rings (SSSR count). The van der Waals surface area contributed by atoms with Gasteiger partial charge in [-0.1, -0.05) is 89.9 Å². The van der Waals surface area contributed by atoms with E-state index in [9.17, 15) is 29.4 Å². The number of carbonyl (C=O) groups excluding carboxylic acids is 3. The Morgan fingerprint density at radius 2 is 1.07 bits per heavy atom. The van der Waals surface area contributed by atoms with Gasteiger partial charge < -0.3 is 35.4 Å². The quantitative estimate of drug-likeness (QED) is 0.0542. The number of aliphatic hydroxyl groups is 2. The highest BCUT2D eigenvalue weighted by Crippen LogP contribution is 2.14. The maximum absolute atomic E-state index is 12.2. The van der Waals surface area contributed by atoms with Crippen molar-refractivity contribution >= 4 is 23.6 Å². The number of hydrogen-bond acceptors (Lipinski definition) is 8. The zero-order chi connectivity index (χ0) is 32.0. The summed E-state index contributed by atoms with van der Waals surface area (Å²) in [6, 6.07) is -0.900. The molecule has 0 unspecified atom stereocenters. The summed E-state index contributed by atoms with van der Waals surface area (Å²) in [7, 11) is 0. The summed E-state index contributed by atoms with van der Waals surface area (Å²) in [4.78, 5) is 45.5. The minimum absolute atomic E-state index is 0.0435. The van der Waals surface area contributed by atoms with E-state index in [0.717, 1.165) is 44.9 Å². The number of ketones is 1. The van der Waals surface area contributed by atoms with Crippen LogP contribution in [-0.2, 0) is 28.7 Å². The molecule has 0 fully saturated rings. The van der Waals surface area contributed by atoms with Crippen LogP contribution >= 0.6 is 0 Å². The SMILES string of the molecule is CC(=O)COCCOCCNC(=O)CC[C@H](NC(=O)CCCCCCCCCCCCCCCCCCC(=O)O)C(O)O. The number of ether oxygens (including phenoxy) is 2. The Morgan fingerprint density at radius 1 is 0.605 bits per heavy atom. The minimum Gasteiger partial charge on any atom is -0.481 e. The van der Waals surface area contributed by atoms with Crippen LogP contribution in [0.5, 0.6) is 0 Å². The van der Waals surface area contributed by atoms with E-state index in [1.807, 2.05) is 0 Å². The van der Waals surface area contributed by atoms with Crippen LogP contribution in [0.3, 0.4) is 0 Å². The molecule has 252 valence electrons. The fourth-order valence-electron chi connectivity index (χ4n) is 4.68. The number of carboxylic acid groups (broad SMARTS) is 1. The zero-order valence-corrected chi connectivity index (χ0v) is 26.6. The maximum Gasteiger partial charge on any atom is 0.303 e. The number of unbranched alkanes of at least 4 members (excludes halogenated alkanes) is 15. The van der Waals surface area contributed by atoms with Crippen molar-refractivity contribution in [3.8, 4) is 0 Å². The van der Waals surface area contributed by atoms with Gasteiger partial charge in [-0.2, -0.15) is 0 Å². The van der Waals surface area contributed by atoms with Crippen molar-refractivity contribution in [2.75, 3.05) is 33.0 Å². The van der Waals surface area contributed by atoms with Crippen molar-refractivity contribution in [1.29, 1.82) is 0 Å². The molecule has 0 aromatic heterocycles. The number of hydrogen-bond donors (Lipinski definition) is 5. The molecule has 0 aromatic rings. The van der Waals surface area contributed by atoms with Crippen LogP contribution in [0.15, 0.2) is 0 Å². The number of Topliss-reactive ketones (excluding diaryl/α,β-unsaturated/α-hetero) is 1. The lowest BCUT2D eigenvalue weighted by Crippen LogP contribution is -2.44. The summed E-state index contributed by atoms with van der Waals surface area (Å²) in [6.07, 6.45) is 17.3. The van der Waals surface area contributed by atoms with Crippen molar-refractivity contribution in [3.63, 3.8) is 0 Å². The van der Waals surface area contributed by atoms with Gasteiger partial charge in [0.2, 0.25) is 11.8 Å². The molecule has 43 heavy (non-hydrogen) atoms. The van der Waals surface area contributed by atoms with E-state index in [1.165, 1.54) is 64.7 Å². The van der Waals surface area contributed by atoms with Crippen LogP contribution in [0.2, 0.25) is 0 Å². The summed E-state index contributed by atoms with van der Waals surface area (Å²) < 4.78 is 10.4. The number of carbonyl (C=O) groups is 4. The van der Waals surface area contributed by atoms with Gasteiger partial charge in [0, 0.05) is 25.8 Å². The summed E-state index contributed by atoms with van der Waals surface area (Å²) in [5.74, 6) is -1.26. The van der Waals surface area contributed by atoms with Crippen LogP contribution in [0.25, 0.3) is 0 Å². The average molecular weight is 617 g/mol. The highest BCUT2D eigenvalue weighted by Gasteiger charge is 2.20. The Hall–Kier alpha value is -2.08. The maximum atomic E-state index is 12.2. The molecule has 11 heteroatoms. The second-order valence-electron chi connectivity index (χ2n) is 11.4. The van der Waals surface area contributed by atoms with E-state index in [2.05, 4.69) is 10.6 Å². The van der Waals surface area contributed by atoms with E-state index in [0.29, 0.717) is 39.2 Å². The van der Waals surface area contributed by atoms with Crippen LogP contribution in [0.1, 0.15) is 135 Å². The second kappa shape index (κ2) is 30.0. The average Bonchev–Trinajstić information content (AvgIpc) is 2.95. The van der Waals surface area contributed by atoms with Gasteiger partial charge in [-0.05, 0) is 26.2 Å². The number of carboxylic acids is 1. The standard InChI is InChI=1S/C32H60N2O9/c1-27(35)26-43-25-24-42-23-22-33-29(36)21-20-28(32(40)41)34-30(37)18-16-14-12-10-8-6-4-2-3-5-7-9-11-13-15-17-19-31(38)39/h28,32,40-41H,2-26H2,1H3,(H,33,36)(H,34,37)(H,38,39)/t28-/m0/s1. The Bertz CT molecular complexity index is 719. The Kier molecular flexibility index (Phi) is 28.5. The molecule has 0 aliphatic heterocycles. The molecule has 5 N–H and O–H groups in total. The van der Waals surface area contributed by atoms with Gasteiger partial charge >= 0.3 is 5.97 Å². The van der Waals surface area contributed by atoms with Gasteiger partial charge in [-0.3, -0.25) is 19.2 Å². The topological polar surface area (TPSA) is 171 Å². The largest absolute Gasteiger partial charge is 0.481 e. The number of nitrogens with one attached hydrogen (secondary N) is 2. The first-order valence-electron chi connectivity index (χ1n) is 16.5. The van der Waals surface area contributed by atoms with Gasteiger partial charge in [0.25, 0.3) is 0 Å². The molecular formula is C32H60N2O9. The number of amides is 2. The number of aliphatic hydroxyl groups excluding tert-OH is 1. The molecule has 0 saturated carbocycles. The van der Waals surface area contributed by atoms with Crippen LogP contribution in [0.4, 0.5) is 0 Å². The van der Waals surface area contributed by atoms with E-state index < -0.39 is 18.3 Å². The molecule has 11 nitrogen and oxygen atoms in total. The van der Waals surface area contributed by atoms with Crippen molar-refractivity contribution in [2.45, 2.75) is 148 Å². The van der Waals surface area contributed by atoms with E-state index >= 15 is 0 Å². The normalized spacial score (nSPS) is 11.9. The smallest absolute Gasteiger partial charge is 0.303 e. The zero-order valence-electron chi connectivity index (χ0n) is 26.6.